The summed E-state index contributed by atoms with van der Waals surface area (Å²) in [5.74, 6) is -1.13. The molecule has 1 heterocycles. The maximum Gasteiger partial charge on any atom is 0.418 e. The maximum atomic E-state index is 14.3. The molecule has 9 heteroatoms. The first-order valence-corrected chi connectivity index (χ1v) is 9.38. The molecular weight excluding hydrogens is 426 g/mol. The lowest BCUT2D eigenvalue weighted by atomic mass is 10.1. The number of ether oxygens (including phenoxy) is 1. The molecule has 1 amide bonds. The van der Waals surface area contributed by atoms with E-state index < -0.39 is 23.5 Å². The van der Waals surface area contributed by atoms with Gasteiger partial charge in [0, 0.05) is 32.1 Å². The van der Waals surface area contributed by atoms with Crippen molar-refractivity contribution in [2.75, 3.05) is 24.3 Å². The molecule has 5 nitrogen and oxygen atoms in total. The second kappa shape index (κ2) is 9.51. The van der Waals surface area contributed by atoms with E-state index in [0.29, 0.717) is 17.0 Å². The third-order valence-corrected chi connectivity index (χ3v) is 4.33. The van der Waals surface area contributed by atoms with Crippen molar-refractivity contribution in [3.63, 3.8) is 0 Å². The van der Waals surface area contributed by atoms with Gasteiger partial charge in [-0.25, -0.2) is 4.39 Å². The molecule has 0 atom stereocenters. The SMILES string of the molecule is CN(C)c1ccc(NC(=O)/C=C/c2ccc(Oc3cccnc3)c(F)c2)c(C(F)(F)F)c1. The minimum absolute atomic E-state index is 0.0320. The Morgan fingerprint density at radius 1 is 1.12 bits per heavy atom. The van der Waals surface area contributed by atoms with Crippen molar-refractivity contribution in [2.45, 2.75) is 6.18 Å². The zero-order valence-corrected chi connectivity index (χ0v) is 17.2. The Kier molecular flexibility index (Phi) is 6.77. The molecule has 0 saturated carbocycles. The van der Waals surface area contributed by atoms with Crippen LogP contribution in [0.3, 0.4) is 0 Å². The highest BCUT2D eigenvalue weighted by Gasteiger charge is 2.34. The lowest BCUT2D eigenvalue weighted by molar-refractivity contribution is -0.136. The average molecular weight is 445 g/mol. The summed E-state index contributed by atoms with van der Waals surface area (Å²) in [6.45, 7) is 0. The van der Waals surface area contributed by atoms with Crippen LogP contribution in [0.5, 0.6) is 11.5 Å². The van der Waals surface area contributed by atoms with Gasteiger partial charge in [0.1, 0.15) is 5.75 Å². The van der Waals surface area contributed by atoms with Crippen molar-refractivity contribution in [1.82, 2.24) is 4.98 Å². The van der Waals surface area contributed by atoms with Gasteiger partial charge in [-0.15, -0.1) is 0 Å². The second-order valence-corrected chi connectivity index (χ2v) is 6.93. The minimum atomic E-state index is -4.65. The number of nitrogens with zero attached hydrogens (tertiary/aromatic N) is 2. The summed E-state index contributed by atoms with van der Waals surface area (Å²) in [7, 11) is 3.23. The zero-order valence-electron chi connectivity index (χ0n) is 17.2. The summed E-state index contributed by atoms with van der Waals surface area (Å²) in [6, 6.07) is 10.9. The molecule has 2 aromatic carbocycles. The standard InChI is InChI=1S/C23H19F4N3O2/c1-30(2)16-7-8-20(18(13-16)23(25,26)27)29-22(31)10-6-15-5-9-21(19(24)12-15)32-17-4-3-11-28-14-17/h3-14H,1-2H3,(H,29,31)/b10-6+. The van der Waals surface area contributed by atoms with Gasteiger partial charge in [-0.05, 0) is 54.1 Å². The van der Waals surface area contributed by atoms with Crippen LogP contribution in [-0.2, 0) is 11.0 Å². The lowest BCUT2D eigenvalue weighted by Gasteiger charge is -2.18. The van der Waals surface area contributed by atoms with Crippen molar-refractivity contribution < 1.29 is 27.1 Å². The normalized spacial score (nSPS) is 11.4. The van der Waals surface area contributed by atoms with Gasteiger partial charge < -0.3 is 15.0 Å². The molecule has 3 rings (SSSR count). The number of hydrogen-bond donors (Lipinski definition) is 1. The largest absolute Gasteiger partial charge is 0.453 e. The quantitative estimate of drug-likeness (QED) is 0.388. The van der Waals surface area contributed by atoms with Gasteiger partial charge >= 0.3 is 6.18 Å². The van der Waals surface area contributed by atoms with Crippen LogP contribution in [0, 0.1) is 5.82 Å². The molecule has 0 unspecified atom stereocenters. The van der Waals surface area contributed by atoms with E-state index in [9.17, 15) is 22.4 Å². The lowest BCUT2D eigenvalue weighted by Crippen LogP contribution is -2.16. The van der Waals surface area contributed by atoms with Gasteiger partial charge in [0.2, 0.25) is 5.91 Å². The van der Waals surface area contributed by atoms with Crippen molar-refractivity contribution in [2.24, 2.45) is 0 Å². The number of hydrogen-bond acceptors (Lipinski definition) is 4. The molecular formula is C23H19F4N3O2. The highest BCUT2D eigenvalue weighted by molar-refractivity contribution is 6.02. The summed E-state index contributed by atoms with van der Waals surface area (Å²) in [5.41, 5.74) is -0.664. The van der Waals surface area contributed by atoms with Crippen molar-refractivity contribution >= 4 is 23.4 Å². The molecule has 0 bridgehead atoms. The number of carbonyl (C=O) groups excluding carboxylic acids is 1. The summed E-state index contributed by atoms with van der Waals surface area (Å²) in [6.07, 6.45) is 0.643. The first-order chi connectivity index (χ1) is 15.1. The van der Waals surface area contributed by atoms with Crippen LogP contribution in [0.15, 0.2) is 67.0 Å². The smallest absolute Gasteiger partial charge is 0.418 e. The van der Waals surface area contributed by atoms with Gasteiger partial charge in [-0.3, -0.25) is 9.78 Å². The number of anilines is 2. The van der Waals surface area contributed by atoms with Gasteiger partial charge in [-0.2, -0.15) is 13.2 Å². The Bertz CT molecular complexity index is 1130. The molecule has 32 heavy (non-hydrogen) atoms. The van der Waals surface area contributed by atoms with Gasteiger partial charge in [0.25, 0.3) is 0 Å². The third-order valence-electron chi connectivity index (χ3n) is 4.33. The number of nitrogens with one attached hydrogen (secondary N) is 1. The fourth-order valence-corrected chi connectivity index (χ4v) is 2.74. The van der Waals surface area contributed by atoms with Gasteiger partial charge in [0.15, 0.2) is 11.6 Å². The van der Waals surface area contributed by atoms with Crippen LogP contribution in [0.2, 0.25) is 0 Å². The Hall–Kier alpha value is -3.88. The number of rotatable bonds is 6. The van der Waals surface area contributed by atoms with E-state index in [2.05, 4.69) is 10.3 Å². The Balaban J connectivity index is 1.72. The predicted molar refractivity (Wildman–Crippen MR) is 114 cm³/mol. The zero-order chi connectivity index (χ0) is 23.3. The topological polar surface area (TPSA) is 54.5 Å². The Morgan fingerprint density at radius 2 is 1.91 bits per heavy atom. The summed E-state index contributed by atoms with van der Waals surface area (Å²) in [4.78, 5) is 17.6. The van der Waals surface area contributed by atoms with Crippen LogP contribution in [0.1, 0.15) is 11.1 Å². The molecule has 0 aliphatic heterocycles. The number of pyridine rings is 1. The second-order valence-electron chi connectivity index (χ2n) is 6.93. The molecule has 0 radical (unpaired) electrons. The monoisotopic (exact) mass is 445 g/mol. The Labute approximate surface area is 182 Å². The third kappa shape index (κ3) is 5.84. The van der Waals surface area contributed by atoms with E-state index in [1.165, 1.54) is 41.4 Å². The number of carbonyl (C=O) groups is 1. The number of halogens is 4. The van der Waals surface area contributed by atoms with E-state index >= 15 is 0 Å². The van der Waals surface area contributed by atoms with E-state index in [1.807, 2.05) is 0 Å². The molecule has 0 fully saturated rings. The van der Waals surface area contributed by atoms with E-state index in [-0.39, 0.29) is 11.4 Å². The highest BCUT2D eigenvalue weighted by Crippen LogP contribution is 2.37. The number of benzene rings is 2. The highest BCUT2D eigenvalue weighted by atomic mass is 19.4. The van der Waals surface area contributed by atoms with Crippen LogP contribution < -0.4 is 15.0 Å². The van der Waals surface area contributed by atoms with Crippen molar-refractivity contribution in [1.29, 1.82) is 0 Å². The van der Waals surface area contributed by atoms with E-state index in [0.717, 1.165) is 18.2 Å². The fraction of sp³-hybridized carbons (Fsp3) is 0.130. The van der Waals surface area contributed by atoms with Crippen LogP contribution in [0.25, 0.3) is 6.08 Å². The van der Waals surface area contributed by atoms with Crippen LogP contribution >= 0.6 is 0 Å². The molecule has 0 saturated heterocycles. The molecule has 0 spiro atoms. The number of alkyl halides is 3. The minimum Gasteiger partial charge on any atom is -0.453 e. The number of amides is 1. The summed E-state index contributed by atoms with van der Waals surface area (Å²) >= 11 is 0. The molecule has 3 aromatic rings. The van der Waals surface area contributed by atoms with Crippen molar-refractivity contribution in [3.05, 3.63) is 83.9 Å². The molecule has 1 aromatic heterocycles. The van der Waals surface area contributed by atoms with Gasteiger partial charge in [-0.1, -0.05) is 6.07 Å². The maximum absolute atomic E-state index is 14.3. The van der Waals surface area contributed by atoms with Crippen LogP contribution in [-0.4, -0.2) is 25.0 Å². The summed E-state index contributed by atoms with van der Waals surface area (Å²) < 4.78 is 59.8. The molecule has 0 aliphatic rings. The fourth-order valence-electron chi connectivity index (χ4n) is 2.74. The molecule has 0 aliphatic carbocycles. The average Bonchev–Trinajstić information content (AvgIpc) is 2.74. The predicted octanol–water partition coefficient (Wildman–Crippen LogP) is 5.75. The summed E-state index contributed by atoms with van der Waals surface area (Å²) in [5, 5.41) is 2.22. The first kappa shape index (κ1) is 22.8. The van der Waals surface area contributed by atoms with E-state index in [1.54, 1.807) is 32.4 Å². The first-order valence-electron chi connectivity index (χ1n) is 9.38. The Morgan fingerprint density at radius 3 is 2.53 bits per heavy atom. The van der Waals surface area contributed by atoms with Crippen LogP contribution in [0.4, 0.5) is 28.9 Å². The molecule has 1 N–H and O–H groups in total. The van der Waals surface area contributed by atoms with Gasteiger partial charge in [0.05, 0.1) is 17.4 Å². The van der Waals surface area contributed by atoms with Crippen molar-refractivity contribution in [3.8, 4) is 11.5 Å². The molecule has 166 valence electrons. The number of aromatic nitrogens is 1. The van der Waals surface area contributed by atoms with E-state index in [4.69, 9.17) is 4.74 Å².